The van der Waals surface area contributed by atoms with Gasteiger partial charge in [0, 0.05) is 31.9 Å². The minimum absolute atomic E-state index is 0. The molecule has 6 nitrogen and oxygen atoms in total. The van der Waals surface area contributed by atoms with Crippen molar-refractivity contribution >= 4 is 30.0 Å². The molecular weight excluding hydrogens is 340 g/mol. The Morgan fingerprint density at radius 1 is 1.12 bits per heavy atom. The Morgan fingerprint density at radius 2 is 1.80 bits per heavy atom. The summed E-state index contributed by atoms with van der Waals surface area (Å²) >= 11 is 0. The van der Waals surface area contributed by atoms with Crippen LogP contribution in [0.1, 0.15) is 18.4 Å². The quantitative estimate of drug-likeness (QED) is 0.838. The van der Waals surface area contributed by atoms with E-state index in [4.69, 9.17) is 0 Å². The van der Waals surface area contributed by atoms with Crippen LogP contribution in [0.15, 0.2) is 24.3 Å². The molecule has 1 saturated carbocycles. The lowest BCUT2D eigenvalue weighted by Gasteiger charge is -2.34. The zero-order chi connectivity index (χ0) is 16.9. The molecule has 1 aromatic carbocycles. The van der Waals surface area contributed by atoms with Crippen molar-refractivity contribution in [3.63, 3.8) is 0 Å². The summed E-state index contributed by atoms with van der Waals surface area (Å²) in [7, 11) is 0. The van der Waals surface area contributed by atoms with Crippen LogP contribution in [0.5, 0.6) is 0 Å². The van der Waals surface area contributed by atoms with Crippen molar-refractivity contribution < 1.29 is 9.59 Å². The summed E-state index contributed by atoms with van der Waals surface area (Å²) < 4.78 is 0. The maximum absolute atomic E-state index is 12.3. The molecule has 2 aliphatic rings. The lowest BCUT2D eigenvalue weighted by atomic mass is 10.2. The summed E-state index contributed by atoms with van der Waals surface area (Å²) in [6, 6.07) is 7.66. The zero-order valence-electron chi connectivity index (χ0n) is 14.7. The molecule has 25 heavy (non-hydrogen) atoms. The van der Waals surface area contributed by atoms with Crippen molar-refractivity contribution in [1.29, 1.82) is 0 Å². The van der Waals surface area contributed by atoms with Gasteiger partial charge in [-0.1, -0.05) is 12.1 Å². The third-order valence-electron chi connectivity index (χ3n) is 4.60. The lowest BCUT2D eigenvalue weighted by Crippen LogP contribution is -2.53. The molecule has 1 aromatic rings. The van der Waals surface area contributed by atoms with Crippen LogP contribution < -0.4 is 10.6 Å². The summed E-state index contributed by atoms with van der Waals surface area (Å²) in [5.74, 6) is 0.911. The van der Waals surface area contributed by atoms with E-state index in [-0.39, 0.29) is 24.3 Å². The van der Waals surface area contributed by atoms with Crippen LogP contribution in [0.25, 0.3) is 0 Å². The smallest absolute Gasteiger partial charge is 0.321 e. The second-order valence-corrected chi connectivity index (χ2v) is 6.74. The Hall–Kier alpha value is -1.79. The van der Waals surface area contributed by atoms with Crippen LogP contribution in [0.3, 0.4) is 0 Å². The van der Waals surface area contributed by atoms with Crippen molar-refractivity contribution in [2.45, 2.75) is 19.8 Å². The Labute approximate surface area is 155 Å². The molecule has 0 bridgehead atoms. The van der Waals surface area contributed by atoms with E-state index >= 15 is 0 Å². The first-order chi connectivity index (χ1) is 11.6. The van der Waals surface area contributed by atoms with E-state index in [1.165, 1.54) is 12.8 Å². The van der Waals surface area contributed by atoms with E-state index in [1.807, 2.05) is 36.1 Å². The monoisotopic (exact) mass is 366 g/mol. The highest BCUT2D eigenvalue weighted by Gasteiger charge is 2.25. The number of rotatable bonds is 5. The van der Waals surface area contributed by atoms with Gasteiger partial charge in [-0.05, 0) is 49.9 Å². The first-order valence-corrected chi connectivity index (χ1v) is 8.73. The van der Waals surface area contributed by atoms with Crippen LogP contribution in [-0.2, 0) is 4.79 Å². The van der Waals surface area contributed by atoms with Gasteiger partial charge >= 0.3 is 6.03 Å². The highest BCUT2D eigenvalue weighted by Crippen LogP contribution is 2.27. The Bertz CT molecular complexity index is 598. The Morgan fingerprint density at radius 3 is 2.44 bits per heavy atom. The first-order valence-electron chi connectivity index (χ1n) is 8.73. The maximum atomic E-state index is 12.3. The number of nitrogens with zero attached hydrogens (tertiary/aromatic N) is 2. The SMILES string of the molecule is Cc1cccc(NC(=O)N2CCN(C(=O)CNCC3CC3)CC2)c1.Cl. The fourth-order valence-corrected chi connectivity index (χ4v) is 2.90. The molecule has 7 heteroatoms. The average molecular weight is 367 g/mol. The van der Waals surface area contributed by atoms with E-state index in [1.54, 1.807) is 4.90 Å². The molecule has 0 radical (unpaired) electrons. The van der Waals surface area contributed by atoms with Gasteiger partial charge in [-0.25, -0.2) is 4.79 Å². The van der Waals surface area contributed by atoms with Crippen LogP contribution in [0.4, 0.5) is 10.5 Å². The van der Waals surface area contributed by atoms with Gasteiger partial charge in [-0.2, -0.15) is 0 Å². The summed E-state index contributed by atoms with van der Waals surface area (Å²) in [6.45, 7) is 5.71. The summed E-state index contributed by atoms with van der Waals surface area (Å²) in [5.41, 5.74) is 1.92. The molecule has 2 N–H and O–H groups in total. The normalized spacial score (nSPS) is 17.0. The first kappa shape index (κ1) is 19.5. The van der Waals surface area contributed by atoms with E-state index in [9.17, 15) is 9.59 Å². The lowest BCUT2D eigenvalue weighted by molar-refractivity contribution is -0.131. The fourth-order valence-electron chi connectivity index (χ4n) is 2.90. The average Bonchev–Trinajstić information content (AvgIpc) is 3.39. The molecule has 3 rings (SSSR count). The number of anilines is 1. The van der Waals surface area contributed by atoms with Gasteiger partial charge in [-0.3, -0.25) is 4.79 Å². The number of amides is 3. The van der Waals surface area contributed by atoms with Crippen molar-refractivity contribution in [1.82, 2.24) is 15.1 Å². The van der Waals surface area contributed by atoms with Crippen LogP contribution in [0.2, 0.25) is 0 Å². The number of hydrogen-bond acceptors (Lipinski definition) is 3. The van der Waals surface area contributed by atoms with Gasteiger partial charge in [0.25, 0.3) is 0 Å². The Kier molecular flexibility index (Phi) is 7.08. The summed E-state index contributed by atoms with van der Waals surface area (Å²) in [6.07, 6.45) is 2.58. The van der Waals surface area contributed by atoms with Crippen molar-refractivity contribution in [3.8, 4) is 0 Å². The molecule has 1 aliphatic heterocycles. The molecule has 1 aliphatic carbocycles. The minimum Gasteiger partial charge on any atom is -0.338 e. The van der Waals surface area contributed by atoms with Gasteiger partial charge in [0.1, 0.15) is 0 Å². The minimum atomic E-state index is -0.0976. The van der Waals surface area contributed by atoms with E-state index in [2.05, 4.69) is 10.6 Å². The maximum Gasteiger partial charge on any atom is 0.321 e. The van der Waals surface area contributed by atoms with Gasteiger partial charge in [0.2, 0.25) is 5.91 Å². The van der Waals surface area contributed by atoms with E-state index < -0.39 is 0 Å². The van der Waals surface area contributed by atoms with Crippen LogP contribution >= 0.6 is 12.4 Å². The number of nitrogens with one attached hydrogen (secondary N) is 2. The number of carbonyl (C=O) groups excluding carboxylic acids is 2. The number of halogens is 1. The number of carbonyl (C=O) groups is 2. The van der Waals surface area contributed by atoms with Crippen LogP contribution in [0, 0.1) is 12.8 Å². The van der Waals surface area contributed by atoms with Crippen molar-refractivity contribution in [3.05, 3.63) is 29.8 Å². The van der Waals surface area contributed by atoms with E-state index in [0.717, 1.165) is 23.7 Å². The van der Waals surface area contributed by atoms with E-state index in [0.29, 0.717) is 32.7 Å². The predicted molar refractivity (Wildman–Crippen MR) is 101 cm³/mol. The Balaban J connectivity index is 0.00000225. The van der Waals surface area contributed by atoms with Gasteiger partial charge < -0.3 is 20.4 Å². The summed E-state index contributed by atoms with van der Waals surface area (Å²) in [4.78, 5) is 28.1. The van der Waals surface area contributed by atoms with Gasteiger partial charge in [-0.15, -0.1) is 12.4 Å². The second kappa shape index (κ2) is 9.06. The summed E-state index contributed by atoms with van der Waals surface area (Å²) in [5, 5.41) is 6.15. The molecule has 2 fully saturated rings. The third kappa shape index (κ3) is 5.90. The molecule has 1 saturated heterocycles. The number of aryl methyl sites for hydroxylation is 1. The fraction of sp³-hybridized carbons (Fsp3) is 0.556. The van der Waals surface area contributed by atoms with Crippen molar-refractivity contribution in [2.24, 2.45) is 5.92 Å². The highest BCUT2D eigenvalue weighted by molar-refractivity contribution is 5.89. The number of hydrogen-bond donors (Lipinski definition) is 2. The molecule has 0 aromatic heterocycles. The molecule has 1 heterocycles. The second-order valence-electron chi connectivity index (χ2n) is 6.74. The molecule has 0 spiro atoms. The van der Waals surface area contributed by atoms with Gasteiger partial charge in [0.05, 0.1) is 6.54 Å². The highest BCUT2D eigenvalue weighted by atomic mass is 35.5. The standard InChI is InChI=1S/C18H26N4O2.ClH/c1-14-3-2-4-16(11-14)20-18(24)22-9-7-21(8-10-22)17(23)13-19-12-15-5-6-15;/h2-4,11,15,19H,5-10,12-13H2,1H3,(H,20,24);1H. The molecule has 0 unspecified atom stereocenters. The number of benzene rings is 1. The molecule has 0 atom stereocenters. The van der Waals surface area contributed by atoms with Crippen molar-refractivity contribution in [2.75, 3.05) is 44.6 Å². The van der Waals surface area contributed by atoms with Crippen LogP contribution in [-0.4, -0.2) is 61.0 Å². The predicted octanol–water partition coefficient (Wildman–Crippen LogP) is 2.09. The number of urea groups is 1. The molecule has 3 amide bonds. The zero-order valence-corrected chi connectivity index (χ0v) is 15.5. The largest absolute Gasteiger partial charge is 0.338 e. The number of piperazine rings is 1. The van der Waals surface area contributed by atoms with Gasteiger partial charge in [0.15, 0.2) is 0 Å². The molecule has 138 valence electrons. The topological polar surface area (TPSA) is 64.7 Å². The third-order valence-corrected chi connectivity index (χ3v) is 4.60. The molecular formula is C18H27ClN4O2.